The summed E-state index contributed by atoms with van der Waals surface area (Å²) in [5, 5.41) is 12.8. The Morgan fingerprint density at radius 2 is 2.22 bits per heavy atom. The van der Waals surface area contributed by atoms with E-state index in [1.54, 1.807) is 23.2 Å². The van der Waals surface area contributed by atoms with Crippen molar-refractivity contribution < 1.29 is 19.4 Å². The summed E-state index contributed by atoms with van der Waals surface area (Å²) in [6.07, 6.45) is 6.91. The fourth-order valence-electron chi connectivity index (χ4n) is 4.66. The van der Waals surface area contributed by atoms with Gasteiger partial charge in [-0.1, -0.05) is 12.1 Å². The minimum absolute atomic E-state index is 0.0344. The number of methoxy groups -OCH3 is 1. The van der Waals surface area contributed by atoms with Gasteiger partial charge in [-0.05, 0) is 55.7 Å². The molecule has 0 saturated carbocycles. The molecular formula is C24H30N4O4. The number of carboxylic acid groups (broad SMARTS) is 1. The Labute approximate surface area is 188 Å². The van der Waals surface area contributed by atoms with E-state index in [2.05, 4.69) is 22.4 Å². The summed E-state index contributed by atoms with van der Waals surface area (Å²) in [7, 11) is 1.53. The van der Waals surface area contributed by atoms with Crippen LogP contribution in [0.25, 0.3) is 0 Å². The fraction of sp³-hybridized carbons (Fsp3) is 0.500. The number of aliphatic carboxylic acids is 1. The summed E-state index contributed by atoms with van der Waals surface area (Å²) in [6, 6.07) is 7.22. The van der Waals surface area contributed by atoms with Crippen LogP contribution in [0.1, 0.15) is 55.0 Å². The van der Waals surface area contributed by atoms with E-state index in [0.29, 0.717) is 18.0 Å². The van der Waals surface area contributed by atoms with Crippen LogP contribution >= 0.6 is 0 Å². The molecule has 0 aliphatic carbocycles. The summed E-state index contributed by atoms with van der Waals surface area (Å²) in [5.41, 5.74) is 3.04. The van der Waals surface area contributed by atoms with Crippen LogP contribution in [0.15, 0.2) is 30.5 Å². The molecule has 0 bridgehead atoms. The van der Waals surface area contributed by atoms with Gasteiger partial charge in [-0.2, -0.15) is 0 Å². The lowest BCUT2D eigenvalue weighted by Crippen LogP contribution is -2.33. The molecule has 2 N–H and O–H groups in total. The van der Waals surface area contributed by atoms with Gasteiger partial charge in [0.05, 0.1) is 19.6 Å². The zero-order chi connectivity index (χ0) is 22.5. The van der Waals surface area contributed by atoms with Crippen LogP contribution in [0.4, 0.5) is 5.82 Å². The van der Waals surface area contributed by atoms with Gasteiger partial charge in [0.25, 0.3) is 0 Å². The van der Waals surface area contributed by atoms with Crippen LogP contribution in [0.5, 0.6) is 5.88 Å². The third-order valence-corrected chi connectivity index (χ3v) is 6.39. The van der Waals surface area contributed by atoms with Gasteiger partial charge < -0.3 is 20.1 Å². The predicted molar refractivity (Wildman–Crippen MR) is 120 cm³/mol. The quantitative estimate of drug-likeness (QED) is 0.619. The SMILES string of the molecule is COc1ccc(C(CC(=O)O)N2CCC(CCCc3ccc4c(n3)NCCC4)C2=O)cn1. The Morgan fingerprint density at radius 1 is 1.34 bits per heavy atom. The largest absolute Gasteiger partial charge is 0.481 e. The highest BCUT2D eigenvalue weighted by Crippen LogP contribution is 2.33. The first-order valence-electron chi connectivity index (χ1n) is 11.3. The van der Waals surface area contributed by atoms with E-state index in [1.807, 2.05) is 0 Å². The van der Waals surface area contributed by atoms with Crippen LogP contribution in [0, 0.1) is 5.92 Å². The lowest BCUT2D eigenvalue weighted by atomic mass is 9.98. The number of ether oxygens (including phenoxy) is 1. The number of rotatable bonds is 9. The zero-order valence-electron chi connectivity index (χ0n) is 18.4. The molecule has 2 aliphatic rings. The number of nitrogens with one attached hydrogen (secondary N) is 1. The lowest BCUT2D eigenvalue weighted by molar-refractivity contribution is -0.140. The number of carbonyl (C=O) groups is 2. The molecule has 2 aliphatic heterocycles. The summed E-state index contributed by atoms with van der Waals surface area (Å²) < 4.78 is 5.09. The van der Waals surface area contributed by atoms with Crippen LogP contribution < -0.4 is 10.1 Å². The first-order valence-corrected chi connectivity index (χ1v) is 11.3. The number of amides is 1. The average molecular weight is 439 g/mol. The molecule has 170 valence electrons. The minimum atomic E-state index is -0.936. The molecule has 2 aromatic rings. The van der Waals surface area contributed by atoms with E-state index >= 15 is 0 Å². The number of pyridine rings is 2. The standard InChI is InChI=1S/C24H30N4O4/c1-32-21-10-8-18(15-26-21)20(14-22(29)30)28-13-11-17(24(28)31)4-2-6-19-9-7-16-5-3-12-25-23(16)27-19/h7-10,15,17,20H,2-6,11-14H2,1H3,(H,25,27)(H,29,30). The van der Waals surface area contributed by atoms with Crippen LogP contribution in [-0.4, -0.2) is 52.1 Å². The Morgan fingerprint density at radius 3 is 2.97 bits per heavy atom. The summed E-state index contributed by atoms with van der Waals surface area (Å²) in [5.74, 6) is 0.482. The molecule has 1 fully saturated rings. The summed E-state index contributed by atoms with van der Waals surface area (Å²) in [4.78, 5) is 35.2. The van der Waals surface area contributed by atoms with Crippen molar-refractivity contribution >= 4 is 17.7 Å². The number of likely N-dealkylation sites (tertiary alicyclic amines) is 1. The van der Waals surface area contributed by atoms with Gasteiger partial charge in [0.15, 0.2) is 0 Å². The van der Waals surface area contributed by atoms with Gasteiger partial charge in [-0.15, -0.1) is 0 Å². The molecule has 2 aromatic heterocycles. The summed E-state index contributed by atoms with van der Waals surface area (Å²) in [6.45, 7) is 1.53. The van der Waals surface area contributed by atoms with Crippen molar-refractivity contribution in [1.82, 2.24) is 14.9 Å². The van der Waals surface area contributed by atoms with Crippen LogP contribution in [-0.2, 0) is 22.4 Å². The van der Waals surface area contributed by atoms with E-state index in [-0.39, 0.29) is 18.2 Å². The maximum Gasteiger partial charge on any atom is 0.305 e. The number of aryl methyl sites for hydroxylation is 2. The van der Waals surface area contributed by atoms with Crippen molar-refractivity contribution in [2.75, 3.05) is 25.5 Å². The number of aromatic nitrogens is 2. The smallest absolute Gasteiger partial charge is 0.305 e. The van der Waals surface area contributed by atoms with E-state index in [1.165, 1.54) is 12.7 Å². The molecule has 4 rings (SSSR count). The number of anilines is 1. The van der Waals surface area contributed by atoms with Crippen molar-refractivity contribution in [3.63, 3.8) is 0 Å². The summed E-state index contributed by atoms with van der Waals surface area (Å²) >= 11 is 0. The molecule has 0 spiro atoms. The number of hydrogen-bond donors (Lipinski definition) is 2. The normalized spacial score (nSPS) is 18.7. The van der Waals surface area contributed by atoms with Gasteiger partial charge in [-0.3, -0.25) is 9.59 Å². The van der Waals surface area contributed by atoms with Crippen LogP contribution in [0.2, 0.25) is 0 Å². The average Bonchev–Trinajstić information content (AvgIpc) is 3.17. The topological polar surface area (TPSA) is 105 Å². The highest BCUT2D eigenvalue weighted by atomic mass is 16.5. The molecule has 8 heteroatoms. The molecule has 2 atom stereocenters. The first-order chi connectivity index (χ1) is 15.5. The van der Waals surface area contributed by atoms with Crippen molar-refractivity contribution in [3.8, 4) is 5.88 Å². The molecular weight excluding hydrogens is 408 g/mol. The molecule has 4 heterocycles. The van der Waals surface area contributed by atoms with E-state index in [4.69, 9.17) is 9.72 Å². The third-order valence-electron chi connectivity index (χ3n) is 6.39. The van der Waals surface area contributed by atoms with Gasteiger partial charge in [-0.25, -0.2) is 9.97 Å². The predicted octanol–water partition coefficient (Wildman–Crippen LogP) is 3.23. The van der Waals surface area contributed by atoms with Gasteiger partial charge in [0.2, 0.25) is 11.8 Å². The molecule has 0 radical (unpaired) electrons. The zero-order valence-corrected chi connectivity index (χ0v) is 18.4. The number of fused-ring (bicyclic) bond motifs is 1. The second kappa shape index (κ2) is 9.97. The van der Waals surface area contributed by atoms with Crippen LogP contribution in [0.3, 0.4) is 0 Å². The fourth-order valence-corrected chi connectivity index (χ4v) is 4.66. The molecule has 1 amide bonds. The molecule has 32 heavy (non-hydrogen) atoms. The van der Waals surface area contributed by atoms with Crippen molar-refractivity contribution in [1.29, 1.82) is 0 Å². The van der Waals surface area contributed by atoms with Crippen molar-refractivity contribution in [2.24, 2.45) is 5.92 Å². The molecule has 1 saturated heterocycles. The Bertz CT molecular complexity index is 963. The Balaban J connectivity index is 1.36. The highest BCUT2D eigenvalue weighted by molar-refractivity contribution is 5.82. The van der Waals surface area contributed by atoms with Crippen molar-refractivity contribution in [3.05, 3.63) is 47.3 Å². The lowest BCUT2D eigenvalue weighted by Gasteiger charge is -2.27. The van der Waals surface area contributed by atoms with Crippen molar-refractivity contribution in [2.45, 2.75) is 51.0 Å². The van der Waals surface area contributed by atoms with Gasteiger partial charge in [0, 0.05) is 37.0 Å². The number of nitrogens with zero attached hydrogens (tertiary/aromatic N) is 3. The number of hydrogen-bond acceptors (Lipinski definition) is 6. The minimum Gasteiger partial charge on any atom is -0.481 e. The Kier molecular flexibility index (Phi) is 6.87. The second-order valence-corrected chi connectivity index (χ2v) is 8.50. The maximum atomic E-state index is 13.1. The van der Waals surface area contributed by atoms with Gasteiger partial charge in [0.1, 0.15) is 5.82 Å². The number of carbonyl (C=O) groups excluding carboxylic acids is 1. The van der Waals surface area contributed by atoms with E-state index in [0.717, 1.165) is 56.6 Å². The number of carboxylic acids is 1. The molecule has 8 nitrogen and oxygen atoms in total. The van der Waals surface area contributed by atoms with Gasteiger partial charge >= 0.3 is 5.97 Å². The first kappa shape index (κ1) is 22.0. The highest BCUT2D eigenvalue weighted by Gasteiger charge is 2.37. The monoisotopic (exact) mass is 438 g/mol. The third kappa shape index (κ3) is 5.00. The molecule has 0 aromatic carbocycles. The van der Waals surface area contributed by atoms with E-state index in [9.17, 15) is 14.7 Å². The molecule has 2 unspecified atom stereocenters. The Hall–Kier alpha value is -3.16. The van der Waals surface area contributed by atoms with E-state index < -0.39 is 12.0 Å². The second-order valence-electron chi connectivity index (χ2n) is 8.50. The maximum absolute atomic E-state index is 13.1.